The second kappa shape index (κ2) is 5.26. The molecule has 0 saturated heterocycles. The van der Waals surface area contributed by atoms with Crippen molar-refractivity contribution >= 4 is 21.2 Å². The molecular formula is C14H22N2O3S. The van der Waals surface area contributed by atoms with Gasteiger partial charge >= 0.3 is 0 Å². The minimum absolute atomic E-state index is 0.139. The summed E-state index contributed by atoms with van der Waals surface area (Å²) in [5.41, 5.74) is 6.19. The van der Waals surface area contributed by atoms with E-state index in [1.165, 1.54) is 6.07 Å². The van der Waals surface area contributed by atoms with Crippen LogP contribution in [0.2, 0.25) is 0 Å². The van der Waals surface area contributed by atoms with Crippen molar-refractivity contribution in [1.82, 2.24) is 0 Å². The number of nitrogens with two attached hydrogens (primary N) is 1. The summed E-state index contributed by atoms with van der Waals surface area (Å²) in [6, 6.07) is 4.96. The maximum absolute atomic E-state index is 11.7. The first-order chi connectivity index (χ1) is 9.23. The van der Waals surface area contributed by atoms with Crippen LogP contribution in [-0.2, 0) is 9.84 Å². The molecule has 1 aromatic rings. The van der Waals surface area contributed by atoms with Gasteiger partial charge in [-0.05, 0) is 25.0 Å². The van der Waals surface area contributed by atoms with Crippen LogP contribution in [0.3, 0.4) is 0 Å². The standard InChI is InChI=1S/C14H22N2O3S/c1-16(10-14(17)8-3-4-9-14)11-6-5-7-12(13(11)15)20(2,18)19/h5-7,17H,3-4,8-10,15H2,1-2H3. The second-order valence-corrected chi connectivity index (χ2v) is 7.73. The molecule has 1 fully saturated rings. The fourth-order valence-electron chi connectivity index (χ4n) is 2.91. The summed E-state index contributed by atoms with van der Waals surface area (Å²) in [6.45, 7) is 0.463. The van der Waals surface area contributed by atoms with Gasteiger partial charge in [0, 0.05) is 19.8 Å². The monoisotopic (exact) mass is 298 g/mol. The van der Waals surface area contributed by atoms with Crippen molar-refractivity contribution in [3.63, 3.8) is 0 Å². The number of benzene rings is 1. The Morgan fingerprint density at radius 2 is 1.95 bits per heavy atom. The van der Waals surface area contributed by atoms with Crippen LogP contribution >= 0.6 is 0 Å². The molecule has 1 aromatic carbocycles. The van der Waals surface area contributed by atoms with Crippen LogP contribution in [0.4, 0.5) is 11.4 Å². The zero-order valence-electron chi connectivity index (χ0n) is 12.0. The van der Waals surface area contributed by atoms with Crippen LogP contribution in [0.25, 0.3) is 0 Å². The molecule has 1 aliphatic rings. The molecule has 0 unspecified atom stereocenters. The van der Waals surface area contributed by atoms with Crippen LogP contribution in [0.1, 0.15) is 25.7 Å². The van der Waals surface area contributed by atoms with Crippen molar-refractivity contribution in [2.75, 3.05) is 30.5 Å². The predicted molar refractivity (Wildman–Crippen MR) is 80.7 cm³/mol. The van der Waals surface area contributed by atoms with Gasteiger partial charge in [0.25, 0.3) is 0 Å². The Bertz CT molecular complexity index is 592. The van der Waals surface area contributed by atoms with E-state index in [9.17, 15) is 13.5 Å². The van der Waals surface area contributed by atoms with E-state index < -0.39 is 15.4 Å². The number of likely N-dealkylation sites (N-methyl/N-ethyl adjacent to an activating group) is 1. The summed E-state index contributed by atoms with van der Waals surface area (Å²) < 4.78 is 23.4. The Hall–Kier alpha value is -1.27. The van der Waals surface area contributed by atoms with Crippen molar-refractivity contribution in [1.29, 1.82) is 0 Å². The Kier molecular flexibility index (Phi) is 3.97. The Labute approximate surface area is 120 Å². The molecule has 0 spiro atoms. The highest BCUT2D eigenvalue weighted by Crippen LogP contribution is 2.34. The number of nitrogen functional groups attached to an aromatic ring is 1. The molecule has 20 heavy (non-hydrogen) atoms. The summed E-state index contributed by atoms with van der Waals surface area (Å²) in [4.78, 5) is 1.98. The van der Waals surface area contributed by atoms with E-state index in [-0.39, 0.29) is 10.6 Å². The molecule has 1 aliphatic carbocycles. The van der Waals surface area contributed by atoms with Crippen molar-refractivity contribution in [3.05, 3.63) is 18.2 Å². The Balaban J connectivity index is 2.29. The van der Waals surface area contributed by atoms with Crippen LogP contribution in [-0.4, -0.2) is 39.0 Å². The second-order valence-electron chi connectivity index (χ2n) is 5.75. The van der Waals surface area contributed by atoms with Gasteiger partial charge in [0.05, 0.1) is 21.9 Å². The third-order valence-corrected chi connectivity index (χ3v) is 5.07. The van der Waals surface area contributed by atoms with Crippen LogP contribution in [0.15, 0.2) is 23.1 Å². The lowest BCUT2D eigenvalue weighted by Crippen LogP contribution is -2.39. The summed E-state index contributed by atoms with van der Waals surface area (Å²) in [5, 5.41) is 10.4. The molecule has 0 aliphatic heterocycles. The van der Waals surface area contributed by atoms with E-state index in [4.69, 9.17) is 5.73 Å². The molecule has 2 rings (SSSR count). The molecule has 0 amide bonds. The number of rotatable bonds is 4. The molecule has 1 saturated carbocycles. The van der Waals surface area contributed by atoms with Gasteiger partial charge in [0.1, 0.15) is 0 Å². The lowest BCUT2D eigenvalue weighted by Gasteiger charge is -2.31. The van der Waals surface area contributed by atoms with Crippen molar-refractivity contribution in [3.8, 4) is 0 Å². The zero-order chi connectivity index (χ0) is 15.0. The number of sulfone groups is 1. The SMILES string of the molecule is CN(CC1(O)CCCC1)c1cccc(S(C)(=O)=O)c1N. The average molecular weight is 298 g/mol. The third-order valence-electron chi connectivity index (χ3n) is 3.92. The van der Waals surface area contributed by atoms with E-state index in [0.717, 1.165) is 31.9 Å². The predicted octanol–water partition coefficient (Wildman–Crippen LogP) is 1.41. The number of para-hydroxylation sites is 1. The van der Waals surface area contributed by atoms with Crippen LogP contribution in [0.5, 0.6) is 0 Å². The quantitative estimate of drug-likeness (QED) is 0.821. The normalized spacial score (nSPS) is 18.1. The van der Waals surface area contributed by atoms with Gasteiger partial charge in [-0.15, -0.1) is 0 Å². The van der Waals surface area contributed by atoms with E-state index in [1.54, 1.807) is 12.1 Å². The summed E-state index contributed by atoms with van der Waals surface area (Å²) in [5.74, 6) is 0. The molecule has 0 heterocycles. The average Bonchev–Trinajstić information content (AvgIpc) is 2.74. The fraction of sp³-hybridized carbons (Fsp3) is 0.571. The first kappa shape index (κ1) is 15.1. The van der Waals surface area contributed by atoms with E-state index in [1.807, 2.05) is 11.9 Å². The molecular weight excluding hydrogens is 276 g/mol. The Morgan fingerprint density at radius 1 is 1.35 bits per heavy atom. The molecule has 112 valence electrons. The van der Waals surface area contributed by atoms with Crippen molar-refractivity contribution < 1.29 is 13.5 Å². The van der Waals surface area contributed by atoms with Gasteiger partial charge in [0.15, 0.2) is 9.84 Å². The van der Waals surface area contributed by atoms with Crippen molar-refractivity contribution in [2.45, 2.75) is 36.2 Å². The number of nitrogens with zero attached hydrogens (tertiary/aromatic N) is 1. The highest BCUT2D eigenvalue weighted by Gasteiger charge is 2.32. The van der Waals surface area contributed by atoms with Gasteiger partial charge in [-0.1, -0.05) is 18.9 Å². The maximum Gasteiger partial charge on any atom is 0.177 e. The zero-order valence-corrected chi connectivity index (χ0v) is 12.8. The van der Waals surface area contributed by atoms with E-state index in [0.29, 0.717) is 12.2 Å². The van der Waals surface area contributed by atoms with Crippen molar-refractivity contribution in [2.24, 2.45) is 0 Å². The van der Waals surface area contributed by atoms with Gasteiger partial charge in [-0.25, -0.2) is 8.42 Å². The molecule has 0 atom stereocenters. The minimum atomic E-state index is -3.35. The highest BCUT2D eigenvalue weighted by molar-refractivity contribution is 7.90. The van der Waals surface area contributed by atoms with Gasteiger partial charge in [-0.2, -0.15) is 0 Å². The first-order valence-corrected chi connectivity index (χ1v) is 8.64. The smallest absolute Gasteiger partial charge is 0.177 e. The van der Waals surface area contributed by atoms with E-state index >= 15 is 0 Å². The highest BCUT2D eigenvalue weighted by atomic mass is 32.2. The molecule has 0 bridgehead atoms. The lowest BCUT2D eigenvalue weighted by molar-refractivity contribution is 0.0559. The molecule has 0 radical (unpaired) electrons. The number of anilines is 2. The summed E-state index contributed by atoms with van der Waals surface area (Å²) >= 11 is 0. The van der Waals surface area contributed by atoms with Gasteiger partial charge in [-0.3, -0.25) is 0 Å². The molecule has 3 N–H and O–H groups in total. The number of hydrogen-bond acceptors (Lipinski definition) is 5. The Morgan fingerprint density at radius 3 is 2.50 bits per heavy atom. The maximum atomic E-state index is 11.7. The molecule has 6 heteroatoms. The topological polar surface area (TPSA) is 83.6 Å². The number of aliphatic hydroxyl groups is 1. The fourth-order valence-corrected chi connectivity index (χ4v) is 3.74. The lowest BCUT2D eigenvalue weighted by atomic mass is 10.0. The number of hydrogen-bond donors (Lipinski definition) is 2. The van der Waals surface area contributed by atoms with E-state index in [2.05, 4.69) is 0 Å². The third kappa shape index (κ3) is 3.07. The first-order valence-electron chi connectivity index (χ1n) is 6.75. The summed E-state index contributed by atoms with van der Waals surface area (Å²) in [7, 11) is -1.52. The summed E-state index contributed by atoms with van der Waals surface area (Å²) in [6.07, 6.45) is 4.77. The molecule has 0 aromatic heterocycles. The van der Waals surface area contributed by atoms with Crippen LogP contribution in [0, 0.1) is 0 Å². The van der Waals surface area contributed by atoms with Gasteiger partial charge in [0.2, 0.25) is 0 Å². The molecule has 5 nitrogen and oxygen atoms in total. The largest absolute Gasteiger partial charge is 0.396 e. The minimum Gasteiger partial charge on any atom is -0.396 e. The van der Waals surface area contributed by atoms with Crippen LogP contribution < -0.4 is 10.6 Å². The van der Waals surface area contributed by atoms with Gasteiger partial charge < -0.3 is 15.7 Å².